The smallest absolute Gasteiger partial charge is 0.0945 e. The van der Waals surface area contributed by atoms with Gasteiger partial charge in [-0.15, -0.1) is 0 Å². The summed E-state index contributed by atoms with van der Waals surface area (Å²) in [4.78, 5) is 4.01. The molecule has 0 aliphatic heterocycles. The molecule has 1 N–H and O–H groups in total. The number of hydrogen-bond acceptors (Lipinski definition) is 2. The zero-order valence-electron chi connectivity index (χ0n) is 9.24. The fourth-order valence-corrected chi connectivity index (χ4v) is 1.56. The number of nitrogens with zero attached hydrogens (tertiary/aromatic N) is 2. The van der Waals surface area contributed by atoms with E-state index >= 15 is 0 Å². The third kappa shape index (κ3) is 4.42. The van der Waals surface area contributed by atoms with E-state index in [1.54, 1.807) is 0 Å². The summed E-state index contributed by atoms with van der Waals surface area (Å²) in [6.45, 7) is 6.63. The summed E-state index contributed by atoms with van der Waals surface area (Å²) in [5.74, 6) is 0. The predicted molar refractivity (Wildman–Crippen MR) is 59.2 cm³/mol. The first-order chi connectivity index (χ1) is 6.83. The Kier molecular flexibility index (Phi) is 5.30. The van der Waals surface area contributed by atoms with Crippen LogP contribution >= 0.6 is 0 Å². The Morgan fingerprint density at radius 1 is 1.50 bits per heavy atom. The highest BCUT2D eigenvalue weighted by Crippen LogP contribution is 1.95. The van der Waals surface area contributed by atoms with Crippen LogP contribution in [0.5, 0.6) is 0 Å². The van der Waals surface area contributed by atoms with Crippen molar-refractivity contribution >= 4 is 0 Å². The number of rotatable bonds is 7. The summed E-state index contributed by atoms with van der Waals surface area (Å²) in [7, 11) is 0. The van der Waals surface area contributed by atoms with E-state index in [4.69, 9.17) is 0 Å². The zero-order chi connectivity index (χ0) is 10.2. The highest BCUT2D eigenvalue weighted by molar-refractivity contribution is 4.73. The molecule has 0 aliphatic rings. The lowest BCUT2D eigenvalue weighted by atomic mass is 10.2. The molecule has 3 nitrogen and oxygen atoms in total. The molecule has 3 heteroatoms. The minimum absolute atomic E-state index is 0.655. The van der Waals surface area contributed by atoms with Gasteiger partial charge in [0.05, 0.1) is 6.33 Å². The fraction of sp³-hybridized carbons (Fsp3) is 0.727. The van der Waals surface area contributed by atoms with E-state index in [2.05, 4.69) is 28.7 Å². The summed E-state index contributed by atoms with van der Waals surface area (Å²) < 4.78 is 2.12. The van der Waals surface area contributed by atoms with Crippen LogP contribution in [0.3, 0.4) is 0 Å². The second kappa shape index (κ2) is 6.60. The van der Waals surface area contributed by atoms with E-state index in [9.17, 15) is 0 Å². The molecule has 0 spiro atoms. The van der Waals surface area contributed by atoms with Gasteiger partial charge in [-0.25, -0.2) is 4.98 Å². The van der Waals surface area contributed by atoms with Crippen LogP contribution in [0.4, 0.5) is 0 Å². The van der Waals surface area contributed by atoms with Gasteiger partial charge >= 0.3 is 0 Å². The van der Waals surface area contributed by atoms with Crippen molar-refractivity contribution in [3.63, 3.8) is 0 Å². The summed E-state index contributed by atoms with van der Waals surface area (Å²) in [5, 5.41) is 3.51. The molecule has 1 heterocycles. The summed E-state index contributed by atoms with van der Waals surface area (Å²) in [5.41, 5.74) is 0. The van der Waals surface area contributed by atoms with Crippen LogP contribution in [0.25, 0.3) is 0 Å². The number of nitrogens with one attached hydrogen (secondary N) is 1. The predicted octanol–water partition coefficient (Wildman–Crippen LogP) is 2.05. The van der Waals surface area contributed by atoms with E-state index in [0.29, 0.717) is 6.04 Å². The van der Waals surface area contributed by atoms with Gasteiger partial charge in [-0.3, -0.25) is 0 Å². The van der Waals surface area contributed by atoms with Gasteiger partial charge in [0.2, 0.25) is 0 Å². The van der Waals surface area contributed by atoms with Gasteiger partial charge in [-0.1, -0.05) is 13.3 Å². The summed E-state index contributed by atoms with van der Waals surface area (Å²) in [6, 6.07) is 0.655. The maximum absolute atomic E-state index is 4.01. The molecule has 0 aromatic carbocycles. The monoisotopic (exact) mass is 195 g/mol. The van der Waals surface area contributed by atoms with Gasteiger partial charge in [0.15, 0.2) is 0 Å². The van der Waals surface area contributed by atoms with Gasteiger partial charge < -0.3 is 9.88 Å². The Hall–Kier alpha value is -0.830. The molecule has 14 heavy (non-hydrogen) atoms. The zero-order valence-corrected chi connectivity index (χ0v) is 9.24. The van der Waals surface area contributed by atoms with Crippen LogP contribution < -0.4 is 5.32 Å². The second-order valence-electron chi connectivity index (χ2n) is 3.80. The van der Waals surface area contributed by atoms with Crippen LogP contribution in [0.15, 0.2) is 18.7 Å². The topological polar surface area (TPSA) is 29.9 Å². The lowest BCUT2D eigenvalue weighted by Gasteiger charge is -2.12. The van der Waals surface area contributed by atoms with E-state index in [1.165, 1.54) is 19.3 Å². The minimum atomic E-state index is 0.655. The van der Waals surface area contributed by atoms with Crippen molar-refractivity contribution in [3.8, 4) is 0 Å². The third-order valence-corrected chi connectivity index (χ3v) is 2.37. The van der Waals surface area contributed by atoms with Gasteiger partial charge in [0, 0.05) is 25.0 Å². The van der Waals surface area contributed by atoms with Crippen molar-refractivity contribution in [2.45, 2.75) is 45.7 Å². The molecule has 1 atom stereocenters. The third-order valence-electron chi connectivity index (χ3n) is 2.37. The molecular formula is C11H21N3. The molecule has 0 bridgehead atoms. The van der Waals surface area contributed by atoms with Gasteiger partial charge in [-0.2, -0.15) is 0 Å². The SMILES string of the molecule is CCC[C@@H](C)NCCCn1ccnc1. The van der Waals surface area contributed by atoms with Crippen LogP contribution in [-0.2, 0) is 6.54 Å². The van der Waals surface area contributed by atoms with Gasteiger partial charge in [0.1, 0.15) is 0 Å². The van der Waals surface area contributed by atoms with Crippen LogP contribution in [0.1, 0.15) is 33.1 Å². The quantitative estimate of drug-likeness (QED) is 0.675. The standard InChI is InChI=1S/C11H21N3/c1-3-5-11(2)13-6-4-8-14-9-7-12-10-14/h7,9-11,13H,3-6,8H2,1-2H3/t11-/m1/s1. The average Bonchev–Trinajstić information content (AvgIpc) is 2.65. The first-order valence-electron chi connectivity index (χ1n) is 5.52. The van der Waals surface area contributed by atoms with Gasteiger partial charge in [0.25, 0.3) is 0 Å². The fourth-order valence-electron chi connectivity index (χ4n) is 1.56. The maximum Gasteiger partial charge on any atom is 0.0945 e. The molecule has 80 valence electrons. The Morgan fingerprint density at radius 2 is 2.36 bits per heavy atom. The van der Waals surface area contributed by atoms with Gasteiger partial charge in [-0.05, 0) is 26.3 Å². The van der Waals surface area contributed by atoms with E-state index in [0.717, 1.165) is 13.1 Å². The largest absolute Gasteiger partial charge is 0.337 e. The first-order valence-corrected chi connectivity index (χ1v) is 5.52. The Morgan fingerprint density at radius 3 is 3.00 bits per heavy atom. The normalized spacial score (nSPS) is 13.0. The number of hydrogen-bond donors (Lipinski definition) is 1. The Bertz CT molecular complexity index is 218. The molecule has 0 saturated carbocycles. The van der Waals surface area contributed by atoms with E-state index < -0.39 is 0 Å². The summed E-state index contributed by atoms with van der Waals surface area (Å²) in [6.07, 6.45) is 9.41. The van der Waals surface area contributed by atoms with Crippen molar-refractivity contribution in [3.05, 3.63) is 18.7 Å². The van der Waals surface area contributed by atoms with E-state index in [1.807, 2.05) is 18.7 Å². The maximum atomic E-state index is 4.01. The molecule has 0 fully saturated rings. The number of imidazole rings is 1. The molecule has 0 aliphatic carbocycles. The lowest BCUT2D eigenvalue weighted by Crippen LogP contribution is -2.27. The molecule has 1 rings (SSSR count). The molecule has 0 unspecified atom stereocenters. The average molecular weight is 195 g/mol. The Labute approximate surface area is 86.5 Å². The molecule has 0 radical (unpaired) electrons. The molecule has 0 amide bonds. The van der Waals surface area contributed by atoms with Crippen molar-refractivity contribution in [2.24, 2.45) is 0 Å². The van der Waals surface area contributed by atoms with Crippen molar-refractivity contribution in [1.82, 2.24) is 14.9 Å². The molecule has 1 aromatic rings. The summed E-state index contributed by atoms with van der Waals surface area (Å²) >= 11 is 0. The molecule has 0 saturated heterocycles. The van der Waals surface area contributed by atoms with Crippen molar-refractivity contribution in [1.29, 1.82) is 0 Å². The number of aromatic nitrogens is 2. The van der Waals surface area contributed by atoms with E-state index in [-0.39, 0.29) is 0 Å². The van der Waals surface area contributed by atoms with Crippen LogP contribution in [0, 0.1) is 0 Å². The lowest BCUT2D eigenvalue weighted by molar-refractivity contribution is 0.485. The van der Waals surface area contributed by atoms with Crippen LogP contribution in [0.2, 0.25) is 0 Å². The van der Waals surface area contributed by atoms with Crippen LogP contribution in [-0.4, -0.2) is 22.1 Å². The highest BCUT2D eigenvalue weighted by Gasteiger charge is 1.98. The second-order valence-corrected chi connectivity index (χ2v) is 3.80. The van der Waals surface area contributed by atoms with Crippen molar-refractivity contribution < 1.29 is 0 Å². The molecule has 1 aromatic heterocycles. The number of aryl methyl sites for hydroxylation is 1. The minimum Gasteiger partial charge on any atom is -0.337 e. The molecular weight excluding hydrogens is 174 g/mol. The first kappa shape index (κ1) is 11.2. The Balaban J connectivity index is 1.99. The highest BCUT2D eigenvalue weighted by atomic mass is 15.0. The van der Waals surface area contributed by atoms with Crippen molar-refractivity contribution in [2.75, 3.05) is 6.54 Å².